The molecule has 0 bridgehead atoms. The molecule has 0 unspecified atom stereocenters. The fraction of sp³-hybridized carbons (Fsp3) is 0.0286. The molecule has 5 aromatic carbocycles. The van der Waals surface area contributed by atoms with Crippen LogP contribution in [0.1, 0.15) is 33.7 Å². The molecule has 0 atom stereocenters. The predicted octanol–water partition coefficient (Wildman–Crippen LogP) is 9.77. The predicted molar refractivity (Wildman–Crippen MR) is 156 cm³/mol. The Balaban J connectivity index is 1.77. The lowest BCUT2D eigenvalue weighted by molar-refractivity contribution is 1.14. The summed E-state index contributed by atoms with van der Waals surface area (Å²) in [6, 6.07) is 52.3. The molecule has 0 amide bonds. The van der Waals surface area contributed by atoms with E-state index in [1.807, 2.05) is 0 Å². The monoisotopic (exact) mass is 524 g/mol. The average Bonchev–Trinajstić information content (AvgIpc) is 3.31. The van der Waals surface area contributed by atoms with Crippen LogP contribution in [0.4, 0.5) is 0 Å². The van der Waals surface area contributed by atoms with Crippen molar-refractivity contribution in [3.05, 3.63) is 178 Å². The van der Waals surface area contributed by atoms with Gasteiger partial charge >= 0.3 is 0 Å². The molecule has 1 aliphatic rings. The molecule has 0 N–H and O–H groups in total. The molecule has 0 fully saturated rings. The Labute approximate surface area is 221 Å². The number of benzene rings is 5. The van der Waals surface area contributed by atoms with Crippen LogP contribution in [0.2, 0.25) is 0 Å². The van der Waals surface area contributed by atoms with E-state index in [1.165, 1.54) is 50.1 Å². The van der Waals surface area contributed by atoms with E-state index in [1.54, 1.807) is 0 Å². The summed E-state index contributed by atoms with van der Waals surface area (Å²) in [4.78, 5) is 0. The molecule has 172 valence electrons. The Bertz CT molecular complexity index is 1430. The largest absolute Gasteiger partial charge is 0.0622 e. The summed E-state index contributed by atoms with van der Waals surface area (Å²) >= 11 is 3.65. The maximum Gasteiger partial charge on any atom is 0.0364 e. The Kier molecular flexibility index (Phi) is 6.24. The maximum absolute atomic E-state index is 3.65. The summed E-state index contributed by atoms with van der Waals surface area (Å²) in [6.07, 6.45) is 0. The van der Waals surface area contributed by atoms with Gasteiger partial charge in [0.05, 0.1) is 0 Å². The van der Waals surface area contributed by atoms with Gasteiger partial charge in [-0.15, -0.1) is 0 Å². The normalized spacial score (nSPS) is 13.9. The van der Waals surface area contributed by atoms with Gasteiger partial charge in [0, 0.05) is 10.4 Å². The van der Waals surface area contributed by atoms with Crippen LogP contribution < -0.4 is 0 Å². The zero-order chi connectivity index (χ0) is 24.3. The van der Waals surface area contributed by atoms with Crippen LogP contribution in [-0.2, 0) is 0 Å². The van der Waals surface area contributed by atoms with Crippen molar-refractivity contribution in [3.8, 4) is 0 Å². The third-order valence-electron chi connectivity index (χ3n) is 6.86. The highest BCUT2D eigenvalue weighted by Crippen LogP contribution is 2.58. The third-order valence-corrected chi connectivity index (χ3v) is 7.39. The summed E-state index contributed by atoms with van der Waals surface area (Å²) < 4.78 is 1.09. The van der Waals surface area contributed by atoms with Crippen molar-refractivity contribution < 1.29 is 0 Å². The Morgan fingerprint density at radius 3 is 1.06 bits per heavy atom. The Morgan fingerprint density at radius 2 is 0.694 bits per heavy atom. The first-order valence-electron chi connectivity index (χ1n) is 12.3. The number of halogens is 1. The van der Waals surface area contributed by atoms with E-state index in [9.17, 15) is 0 Å². The van der Waals surface area contributed by atoms with Crippen molar-refractivity contribution in [1.29, 1.82) is 0 Å². The van der Waals surface area contributed by atoms with E-state index in [-0.39, 0.29) is 5.92 Å². The molecule has 0 spiro atoms. The first-order valence-corrected chi connectivity index (χ1v) is 13.1. The van der Waals surface area contributed by atoms with Crippen LogP contribution in [0.25, 0.3) is 22.3 Å². The lowest BCUT2D eigenvalue weighted by Gasteiger charge is -2.22. The highest BCUT2D eigenvalue weighted by atomic mass is 79.9. The Hall–Kier alpha value is -3.94. The second-order valence-electron chi connectivity index (χ2n) is 9.03. The fourth-order valence-electron chi connectivity index (χ4n) is 5.36. The zero-order valence-electron chi connectivity index (χ0n) is 19.8. The van der Waals surface area contributed by atoms with Crippen LogP contribution in [0.15, 0.2) is 150 Å². The summed E-state index contributed by atoms with van der Waals surface area (Å²) in [5, 5.41) is 0. The van der Waals surface area contributed by atoms with E-state index in [2.05, 4.69) is 162 Å². The lowest BCUT2D eigenvalue weighted by Crippen LogP contribution is -2.03. The van der Waals surface area contributed by atoms with E-state index >= 15 is 0 Å². The van der Waals surface area contributed by atoms with Crippen LogP contribution in [0.5, 0.6) is 0 Å². The maximum atomic E-state index is 3.65. The highest BCUT2D eigenvalue weighted by Gasteiger charge is 2.37. The van der Waals surface area contributed by atoms with Crippen molar-refractivity contribution in [2.24, 2.45) is 0 Å². The Morgan fingerprint density at radius 1 is 0.361 bits per heavy atom. The summed E-state index contributed by atoms with van der Waals surface area (Å²) in [6.45, 7) is 0. The van der Waals surface area contributed by atoms with Crippen LogP contribution in [0, 0.1) is 0 Å². The molecule has 0 aliphatic heterocycles. The van der Waals surface area contributed by atoms with Crippen molar-refractivity contribution in [2.45, 2.75) is 5.92 Å². The summed E-state index contributed by atoms with van der Waals surface area (Å²) in [7, 11) is 0. The van der Waals surface area contributed by atoms with Crippen LogP contribution in [0.3, 0.4) is 0 Å². The van der Waals surface area contributed by atoms with Crippen molar-refractivity contribution in [3.63, 3.8) is 0 Å². The van der Waals surface area contributed by atoms with Crippen molar-refractivity contribution in [1.82, 2.24) is 0 Å². The van der Waals surface area contributed by atoms with Gasteiger partial charge in [-0.1, -0.05) is 149 Å². The average molecular weight is 525 g/mol. The minimum absolute atomic E-state index is 0.0910. The number of allylic oxidation sites excluding steroid dienone is 4. The van der Waals surface area contributed by atoms with Gasteiger partial charge in [-0.05, 0) is 62.2 Å². The first kappa shape index (κ1) is 22.5. The summed E-state index contributed by atoms with van der Waals surface area (Å²) in [5.74, 6) is 0.0910. The molecule has 1 heteroatoms. The number of hydrogen-bond donors (Lipinski definition) is 0. The quantitative estimate of drug-likeness (QED) is 0.214. The molecular weight excluding hydrogens is 500 g/mol. The second-order valence-corrected chi connectivity index (χ2v) is 9.94. The minimum Gasteiger partial charge on any atom is -0.0622 e. The molecule has 0 radical (unpaired) electrons. The second kappa shape index (κ2) is 9.97. The number of rotatable bonds is 5. The van der Waals surface area contributed by atoms with Gasteiger partial charge < -0.3 is 0 Å². The molecule has 0 saturated carbocycles. The first-order chi connectivity index (χ1) is 17.8. The molecule has 0 heterocycles. The van der Waals surface area contributed by atoms with Gasteiger partial charge in [0.1, 0.15) is 0 Å². The third kappa shape index (κ3) is 4.17. The van der Waals surface area contributed by atoms with Gasteiger partial charge in [0.15, 0.2) is 0 Å². The zero-order valence-corrected chi connectivity index (χ0v) is 21.4. The molecule has 0 saturated heterocycles. The smallest absolute Gasteiger partial charge is 0.0364 e. The molecule has 6 rings (SSSR count). The van der Waals surface area contributed by atoms with Gasteiger partial charge in [-0.3, -0.25) is 0 Å². The van der Waals surface area contributed by atoms with Crippen molar-refractivity contribution in [2.75, 3.05) is 0 Å². The van der Waals surface area contributed by atoms with Gasteiger partial charge in [-0.25, -0.2) is 0 Å². The van der Waals surface area contributed by atoms with Gasteiger partial charge in [-0.2, -0.15) is 0 Å². The SMILES string of the molecule is Brc1ccc(C2C(c3ccccc3)=C(c3ccccc3)C(c3ccccc3)=C2c2ccccc2)cc1. The molecule has 5 aromatic rings. The molecule has 0 nitrogen and oxygen atoms in total. The van der Waals surface area contributed by atoms with Crippen LogP contribution >= 0.6 is 15.9 Å². The van der Waals surface area contributed by atoms with E-state index in [0.717, 1.165) is 4.47 Å². The highest BCUT2D eigenvalue weighted by molar-refractivity contribution is 9.10. The van der Waals surface area contributed by atoms with Crippen LogP contribution in [-0.4, -0.2) is 0 Å². The van der Waals surface area contributed by atoms with E-state index in [0.29, 0.717) is 0 Å². The van der Waals surface area contributed by atoms with Gasteiger partial charge in [0.25, 0.3) is 0 Å². The standard InChI is InChI=1S/C35H25Br/c36-30-23-21-29(22-24-30)35-33(27-17-9-3-10-18-27)31(25-13-5-1-6-14-25)32(26-15-7-2-8-16-26)34(35)28-19-11-4-12-20-28/h1-24,35H. The van der Waals surface area contributed by atoms with E-state index < -0.39 is 0 Å². The molecule has 1 aliphatic carbocycles. The topological polar surface area (TPSA) is 0 Å². The molecule has 36 heavy (non-hydrogen) atoms. The van der Waals surface area contributed by atoms with Crippen molar-refractivity contribution >= 4 is 38.2 Å². The fourth-order valence-corrected chi connectivity index (χ4v) is 5.62. The van der Waals surface area contributed by atoms with Gasteiger partial charge in [0.2, 0.25) is 0 Å². The molecular formula is C35H25Br. The minimum atomic E-state index is 0.0910. The number of hydrogen-bond acceptors (Lipinski definition) is 0. The molecule has 0 aromatic heterocycles. The van der Waals surface area contributed by atoms with E-state index in [4.69, 9.17) is 0 Å². The lowest BCUT2D eigenvalue weighted by atomic mass is 9.81. The summed E-state index contributed by atoms with van der Waals surface area (Å²) in [5.41, 5.74) is 11.6.